The Kier molecular flexibility index (Phi) is 7.92. The van der Waals surface area contributed by atoms with Crippen LogP contribution in [0.2, 0.25) is 0 Å². The van der Waals surface area contributed by atoms with E-state index < -0.39 is 10.0 Å². The first-order valence-electron chi connectivity index (χ1n) is 6.34. The van der Waals surface area contributed by atoms with Gasteiger partial charge in [-0.1, -0.05) is 43.6 Å². The molecule has 0 aromatic carbocycles. The Hall–Kier alpha value is 0.390. The van der Waals surface area contributed by atoms with E-state index in [1.807, 2.05) is 13.8 Å². The van der Waals surface area contributed by atoms with Crippen molar-refractivity contribution in [1.82, 2.24) is 4.72 Å². The van der Waals surface area contributed by atoms with Crippen LogP contribution in [0.25, 0.3) is 0 Å². The van der Waals surface area contributed by atoms with Gasteiger partial charge >= 0.3 is 0 Å². The Morgan fingerprint density at radius 1 is 1.24 bits per heavy atom. The molecule has 5 heteroatoms. The fourth-order valence-electron chi connectivity index (χ4n) is 1.46. The van der Waals surface area contributed by atoms with Gasteiger partial charge in [-0.15, -0.1) is 0 Å². The average Bonchev–Trinajstić information content (AvgIpc) is 2.29. The van der Waals surface area contributed by atoms with Gasteiger partial charge in [-0.2, -0.15) is 0 Å². The lowest BCUT2D eigenvalue weighted by Crippen LogP contribution is -2.39. The molecule has 0 spiro atoms. The maximum absolute atomic E-state index is 11.8. The molecular weight excluding hydrogens is 302 g/mol. The second-order valence-corrected chi connectivity index (χ2v) is 7.65. The zero-order valence-electron chi connectivity index (χ0n) is 11.4. The standard InChI is InChI=1S/C12H26BrNO2S/c1-5-12(6-2,9-13)10-14-17(15,16)8-7-11(3)4/h11,14H,5-10H2,1-4H3. The minimum atomic E-state index is -3.11. The third kappa shape index (κ3) is 6.77. The van der Waals surface area contributed by atoms with E-state index in [0.29, 0.717) is 12.5 Å². The number of halogens is 1. The number of hydrogen-bond acceptors (Lipinski definition) is 2. The third-order valence-electron chi connectivity index (χ3n) is 3.41. The van der Waals surface area contributed by atoms with Crippen LogP contribution in [0.1, 0.15) is 47.0 Å². The highest BCUT2D eigenvalue weighted by Crippen LogP contribution is 2.27. The molecule has 0 aliphatic heterocycles. The smallest absolute Gasteiger partial charge is 0.211 e. The predicted molar refractivity (Wildman–Crippen MR) is 78.1 cm³/mol. The Balaban J connectivity index is 4.33. The summed E-state index contributed by atoms with van der Waals surface area (Å²) < 4.78 is 26.4. The highest BCUT2D eigenvalue weighted by molar-refractivity contribution is 9.09. The highest BCUT2D eigenvalue weighted by Gasteiger charge is 2.26. The number of hydrogen-bond donors (Lipinski definition) is 1. The Bertz CT molecular complexity index is 289. The summed E-state index contributed by atoms with van der Waals surface area (Å²) >= 11 is 3.49. The van der Waals surface area contributed by atoms with Crippen molar-refractivity contribution in [3.63, 3.8) is 0 Å². The maximum atomic E-state index is 11.8. The number of nitrogens with one attached hydrogen (secondary N) is 1. The molecule has 0 fully saturated rings. The van der Waals surface area contributed by atoms with Crippen molar-refractivity contribution >= 4 is 26.0 Å². The molecule has 0 heterocycles. The van der Waals surface area contributed by atoms with Gasteiger partial charge in [0.2, 0.25) is 10.0 Å². The van der Waals surface area contributed by atoms with E-state index in [1.165, 1.54) is 0 Å². The zero-order valence-corrected chi connectivity index (χ0v) is 13.8. The van der Waals surface area contributed by atoms with Gasteiger partial charge in [-0.3, -0.25) is 0 Å². The van der Waals surface area contributed by atoms with Crippen molar-refractivity contribution in [3.8, 4) is 0 Å². The fraction of sp³-hybridized carbons (Fsp3) is 1.00. The van der Waals surface area contributed by atoms with Crippen molar-refractivity contribution < 1.29 is 8.42 Å². The van der Waals surface area contributed by atoms with Gasteiger partial charge in [0.05, 0.1) is 5.75 Å². The van der Waals surface area contributed by atoms with Gasteiger partial charge in [0, 0.05) is 11.9 Å². The molecule has 0 rings (SSSR count). The van der Waals surface area contributed by atoms with Gasteiger partial charge in [0.15, 0.2) is 0 Å². The molecule has 0 saturated carbocycles. The molecule has 0 atom stereocenters. The minimum absolute atomic E-state index is 0.0465. The second-order valence-electron chi connectivity index (χ2n) is 5.16. The average molecular weight is 328 g/mol. The molecule has 104 valence electrons. The Morgan fingerprint density at radius 3 is 2.12 bits per heavy atom. The topological polar surface area (TPSA) is 46.2 Å². The summed E-state index contributed by atoms with van der Waals surface area (Å²) in [5.41, 5.74) is 0.0465. The van der Waals surface area contributed by atoms with Gasteiger partial charge in [0.1, 0.15) is 0 Å². The first kappa shape index (κ1) is 17.4. The fourth-order valence-corrected chi connectivity index (χ4v) is 3.91. The van der Waals surface area contributed by atoms with Crippen LogP contribution in [0.5, 0.6) is 0 Å². The van der Waals surface area contributed by atoms with E-state index in [2.05, 4.69) is 34.5 Å². The van der Waals surface area contributed by atoms with Crippen LogP contribution in [0, 0.1) is 11.3 Å². The molecule has 0 saturated heterocycles. The molecule has 0 aliphatic rings. The van der Waals surface area contributed by atoms with Gasteiger partial charge in [0.25, 0.3) is 0 Å². The lowest BCUT2D eigenvalue weighted by atomic mass is 9.85. The number of rotatable bonds is 9. The minimum Gasteiger partial charge on any atom is -0.215 e. The monoisotopic (exact) mass is 327 g/mol. The molecule has 0 aromatic rings. The second kappa shape index (κ2) is 7.74. The van der Waals surface area contributed by atoms with E-state index in [1.54, 1.807) is 0 Å². The normalized spacial score (nSPS) is 13.3. The summed E-state index contributed by atoms with van der Waals surface area (Å²) in [5, 5.41) is 0.833. The highest BCUT2D eigenvalue weighted by atomic mass is 79.9. The molecule has 0 aromatic heterocycles. The molecule has 0 radical (unpaired) electrons. The first-order valence-corrected chi connectivity index (χ1v) is 9.11. The molecule has 3 nitrogen and oxygen atoms in total. The van der Waals surface area contributed by atoms with Crippen LogP contribution in [-0.2, 0) is 10.0 Å². The van der Waals surface area contributed by atoms with Gasteiger partial charge in [-0.25, -0.2) is 13.1 Å². The Morgan fingerprint density at radius 2 is 1.76 bits per heavy atom. The summed E-state index contributed by atoms with van der Waals surface area (Å²) in [5.74, 6) is 0.654. The maximum Gasteiger partial charge on any atom is 0.211 e. The van der Waals surface area contributed by atoms with Crippen LogP contribution in [0.15, 0.2) is 0 Å². The quantitative estimate of drug-likeness (QED) is 0.661. The predicted octanol–water partition coefficient (Wildman–Crippen LogP) is 3.15. The molecule has 0 amide bonds. The summed E-state index contributed by atoms with van der Waals surface area (Å²) in [7, 11) is -3.11. The summed E-state index contributed by atoms with van der Waals surface area (Å²) in [6.45, 7) is 8.82. The van der Waals surface area contributed by atoms with E-state index >= 15 is 0 Å². The molecule has 1 N–H and O–H groups in total. The number of sulfonamides is 1. The lowest BCUT2D eigenvalue weighted by molar-refractivity contribution is 0.309. The molecule has 0 bridgehead atoms. The first-order chi connectivity index (χ1) is 7.81. The summed E-state index contributed by atoms with van der Waals surface area (Å²) in [4.78, 5) is 0. The molecular formula is C12H26BrNO2S. The van der Waals surface area contributed by atoms with Crippen molar-refractivity contribution in [2.75, 3.05) is 17.6 Å². The Labute approximate surface area is 115 Å². The van der Waals surface area contributed by atoms with E-state index in [9.17, 15) is 8.42 Å². The molecule has 0 unspecified atom stereocenters. The van der Waals surface area contributed by atoms with Gasteiger partial charge in [-0.05, 0) is 30.6 Å². The van der Waals surface area contributed by atoms with E-state index in [4.69, 9.17) is 0 Å². The largest absolute Gasteiger partial charge is 0.215 e. The van der Waals surface area contributed by atoms with E-state index in [-0.39, 0.29) is 11.2 Å². The van der Waals surface area contributed by atoms with Crippen LogP contribution < -0.4 is 4.72 Å². The third-order valence-corrected chi connectivity index (χ3v) is 5.96. The van der Waals surface area contributed by atoms with Crippen molar-refractivity contribution in [1.29, 1.82) is 0 Å². The summed E-state index contributed by atoms with van der Waals surface area (Å²) in [6, 6.07) is 0. The van der Waals surface area contributed by atoms with Crippen LogP contribution in [-0.4, -0.2) is 26.0 Å². The molecule has 0 aliphatic carbocycles. The van der Waals surface area contributed by atoms with Crippen LogP contribution in [0.3, 0.4) is 0 Å². The zero-order chi connectivity index (χ0) is 13.5. The van der Waals surface area contributed by atoms with Gasteiger partial charge < -0.3 is 0 Å². The van der Waals surface area contributed by atoms with Crippen molar-refractivity contribution in [2.45, 2.75) is 47.0 Å². The number of alkyl halides is 1. The van der Waals surface area contributed by atoms with Crippen LogP contribution >= 0.6 is 15.9 Å². The summed E-state index contributed by atoms with van der Waals surface area (Å²) in [6.07, 6.45) is 2.66. The SMILES string of the molecule is CCC(CC)(CBr)CNS(=O)(=O)CCC(C)C. The van der Waals surface area contributed by atoms with Crippen LogP contribution in [0.4, 0.5) is 0 Å². The molecule has 17 heavy (non-hydrogen) atoms. The van der Waals surface area contributed by atoms with Crippen molar-refractivity contribution in [2.24, 2.45) is 11.3 Å². The van der Waals surface area contributed by atoms with Crippen molar-refractivity contribution in [3.05, 3.63) is 0 Å². The lowest BCUT2D eigenvalue weighted by Gasteiger charge is -2.29. The van der Waals surface area contributed by atoms with E-state index in [0.717, 1.165) is 24.6 Å².